The molecule has 1 aliphatic rings. The Balaban J connectivity index is 1.80. The molecule has 1 aliphatic heterocycles. The maximum atomic E-state index is 13.2. The van der Waals surface area contributed by atoms with Crippen LogP contribution < -0.4 is 10.6 Å². The average molecular weight is 423 g/mol. The first kappa shape index (κ1) is 23.0. The monoisotopic (exact) mass is 422 g/mol. The summed E-state index contributed by atoms with van der Waals surface area (Å²) in [5.41, 5.74) is 4.24. The molecule has 166 valence electrons. The van der Waals surface area contributed by atoms with E-state index in [-0.39, 0.29) is 17.7 Å². The van der Waals surface area contributed by atoms with E-state index in [1.807, 2.05) is 50.2 Å². The molecule has 5 heteroatoms. The molecule has 1 heterocycles. The van der Waals surface area contributed by atoms with Crippen LogP contribution in [0, 0.1) is 19.8 Å². The molecule has 2 unspecified atom stereocenters. The number of hydrogen-bond donors (Lipinski definition) is 2. The lowest BCUT2D eigenvalue weighted by molar-refractivity contribution is -0.940. The number of piperidine rings is 1. The van der Waals surface area contributed by atoms with Crippen LogP contribution >= 0.6 is 0 Å². The zero-order valence-electron chi connectivity index (χ0n) is 19.1. The Morgan fingerprint density at radius 2 is 1.74 bits per heavy atom. The first-order valence-electron chi connectivity index (χ1n) is 11.5. The quantitative estimate of drug-likeness (QED) is 0.627. The van der Waals surface area contributed by atoms with Crippen molar-refractivity contribution in [1.82, 2.24) is 5.32 Å². The highest BCUT2D eigenvalue weighted by Gasteiger charge is 2.39. The Morgan fingerprint density at radius 3 is 2.42 bits per heavy atom. The molecule has 2 aromatic rings. The zero-order valence-corrected chi connectivity index (χ0v) is 19.1. The number of likely N-dealkylation sites (tertiary alicyclic amines) is 1. The maximum absolute atomic E-state index is 13.2. The fraction of sp³-hybridized carbons (Fsp3) is 0.462. The van der Waals surface area contributed by atoms with Gasteiger partial charge < -0.3 is 15.1 Å². The van der Waals surface area contributed by atoms with Gasteiger partial charge in [0.1, 0.15) is 6.54 Å². The predicted octanol–water partition coefficient (Wildman–Crippen LogP) is 4.20. The van der Waals surface area contributed by atoms with Crippen LogP contribution in [0.3, 0.4) is 0 Å². The summed E-state index contributed by atoms with van der Waals surface area (Å²) in [6.07, 6.45) is 2.78. The number of nitrogens with one attached hydrogen (secondary N) is 2. The highest BCUT2D eigenvalue weighted by molar-refractivity contribution is 5.93. The molecule has 0 bridgehead atoms. The summed E-state index contributed by atoms with van der Waals surface area (Å²) in [6.45, 7) is 9.56. The lowest BCUT2D eigenvalue weighted by Crippen LogP contribution is -2.58. The second kappa shape index (κ2) is 10.6. The minimum atomic E-state index is -0.0444. The van der Waals surface area contributed by atoms with E-state index < -0.39 is 0 Å². The molecular weight excluding hydrogens is 386 g/mol. The third kappa shape index (κ3) is 6.17. The minimum absolute atomic E-state index is 0.0166. The van der Waals surface area contributed by atoms with Crippen molar-refractivity contribution in [1.29, 1.82) is 0 Å². The van der Waals surface area contributed by atoms with E-state index in [2.05, 4.69) is 29.7 Å². The van der Waals surface area contributed by atoms with Crippen molar-refractivity contribution in [2.24, 2.45) is 5.92 Å². The summed E-state index contributed by atoms with van der Waals surface area (Å²) in [7, 11) is 0. The molecule has 0 aliphatic carbocycles. The van der Waals surface area contributed by atoms with E-state index in [4.69, 9.17) is 0 Å². The summed E-state index contributed by atoms with van der Waals surface area (Å²) < 4.78 is 0.616. The van der Waals surface area contributed by atoms with Crippen molar-refractivity contribution < 1.29 is 14.1 Å². The standard InChI is InChI=1S/C26H35N3O2/c1-4-15-27-26(31)23-14-9-16-29(18-23,17-22-12-6-5-7-13-22)19-24(30)28-25-20(2)10-8-11-21(25)3/h5-8,10-13,23H,4,9,14-19H2,1-3H3,(H-,27,28,30,31)/p+1. The van der Waals surface area contributed by atoms with Gasteiger partial charge in [-0.3, -0.25) is 9.59 Å². The van der Waals surface area contributed by atoms with Crippen LogP contribution in [-0.4, -0.2) is 42.5 Å². The lowest BCUT2D eigenvalue weighted by atomic mass is 9.93. The number of nitrogens with zero attached hydrogens (tertiary/aromatic N) is 1. The lowest BCUT2D eigenvalue weighted by Gasteiger charge is -2.43. The number of rotatable bonds is 8. The number of quaternary nitrogens is 1. The van der Waals surface area contributed by atoms with E-state index in [0.29, 0.717) is 24.1 Å². The van der Waals surface area contributed by atoms with Crippen LogP contribution in [0.15, 0.2) is 48.5 Å². The Kier molecular flexibility index (Phi) is 7.85. The Hall–Kier alpha value is -2.66. The van der Waals surface area contributed by atoms with Crippen LogP contribution in [-0.2, 0) is 16.1 Å². The van der Waals surface area contributed by atoms with Crippen LogP contribution in [0.2, 0.25) is 0 Å². The van der Waals surface area contributed by atoms with Gasteiger partial charge in [-0.1, -0.05) is 55.5 Å². The van der Waals surface area contributed by atoms with E-state index >= 15 is 0 Å². The highest BCUT2D eigenvalue weighted by atomic mass is 16.2. The van der Waals surface area contributed by atoms with Crippen molar-refractivity contribution in [3.8, 4) is 0 Å². The third-order valence-electron chi connectivity index (χ3n) is 6.30. The van der Waals surface area contributed by atoms with Crippen molar-refractivity contribution in [2.45, 2.75) is 46.6 Å². The van der Waals surface area contributed by atoms with Gasteiger partial charge in [0, 0.05) is 17.8 Å². The summed E-state index contributed by atoms with van der Waals surface area (Å²) >= 11 is 0. The molecule has 1 saturated heterocycles. The fourth-order valence-electron chi connectivity index (χ4n) is 4.74. The molecule has 0 spiro atoms. The number of para-hydroxylation sites is 1. The molecule has 0 radical (unpaired) electrons. The molecule has 2 amide bonds. The molecule has 31 heavy (non-hydrogen) atoms. The topological polar surface area (TPSA) is 58.2 Å². The van der Waals surface area contributed by atoms with Gasteiger partial charge in [0.25, 0.3) is 5.91 Å². The first-order valence-corrected chi connectivity index (χ1v) is 11.5. The highest BCUT2D eigenvalue weighted by Crippen LogP contribution is 2.28. The van der Waals surface area contributed by atoms with E-state index in [1.54, 1.807) is 0 Å². The van der Waals surface area contributed by atoms with Crippen LogP contribution in [0.1, 0.15) is 42.9 Å². The summed E-state index contributed by atoms with van der Waals surface area (Å²) in [5.74, 6) is 0.104. The van der Waals surface area contributed by atoms with Gasteiger partial charge in [-0.25, -0.2) is 0 Å². The van der Waals surface area contributed by atoms with Gasteiger partial charge in [0.15, 0.2) is 6.54 Å². The van der Waals surface area contributed by atoms with Crippen LogP contribution in [0.25, 0.3) is 0 Å². The van der Waals surface area contributed by atoms with Gasteiger partial charge in [-0.05, 0) is 44.2 Å². The summed E-state index contributed by atoms with van der Waals surface area (Å²) in [6, 6.07) is 16.4. The van der Waals surface area contributed by atoms with E-state index in [1.165, 1.54) is 5.56 Å². The smallest absolute Gasteiger partial charge is 0.279 e. The van der Waals surface area contributed by atoms with Crippen molar-refractivity contribution in [3.05, 3.63) is 65.2 Å². The maximum Gasteiger partial charge on any atom is 0.279 e. The van der Waals surface area contributed by atoms with Crippen molar-refractivity contribution in [3.63, 3.8) is 0 Å². The van der Waals surface area contributed by atoms with E-state index in [0.717, 1.165) is 49.2 Å². The van der Waals surface area contributed by atoms with Crippen LogP contribution in [0.4, 0.5) is 5.69 Å². The van der Waals surface area contributed by atoms with Crippen molar-refractivity contribution >= 4 is 17.5 Å². The number of carbonyl (C=O) groups is 2. The summed E-state index contributed by atoms with van der Waals surface area (Å²) in [4.78, 5) is 25.9. The van der Waals surface area contributed by atoms with E-state index in [9.17, 15) is 9.59 Å². The van der Waals surface area contributed by atoms with Gasteiger partial charge >= 0.3 is 0 Å². The number of benzene rings is 2. The average Bonchev–Trinajstić information content (AvgIpc) is 2.75. The third-order valence-corrected chi connectivity index (χ3v) is 6.30. The number of hydrogen-bond acceptors (Lipinski definition) is 2. The van der Waals surface area contributed by atoms with Gasteiger partial charge in [0.2, 0.25) is 5.91 Å². The Morgan fingerprint density at radius 1 is 1.03 bits per heavy atom. The number of aryl methyl sites for hydroxylation is 2. The number of anilines is 1. The second-order valence-corrected chi connectivity index (χ2v) is 8.99. The molecule has 5 nitrogen and oxygen atoms in total. The molecule has 0 aromatic heterocycles. The Bertz CT molecular complexity index is 877. The molecule has 3 rings (SSSR count). The fourth-order valence-corrected chi connectivity index (χ4v) is 4.74. The second-order valence-electron chi connectivity index (χ2n) is 8.99. The molecule has 2 aromatic carbocycles. The van der Waals surface area contributed by atoms with Crippen molar-refractivity contribution in [2.75, 3.05) is 31.5 Å². The molecule has 2 N–H and O–H groups in total. The number of carbonyl (C=O) groups excluding carboxylic acids is 2. The largest absolute Gasteiger partial charge is 0.356 e. The summed E-state index contributed by atoms with van der Waals surface area (Å²) in [5, 5.41) is 6.22. The molecule has 1 fully saturated rings. The Labute approximate surface area is 186 Å². The van der Waals surface area contributed by atoms with Gasteiger partial charge in [-0.2, -0.15) is 0 Å². The zero-order chi connectivity index (χ0) is 22.3. The minimum Gasteiger partial charge on any atom is -0.356 e. The molecular formula is C26H36N3O2+. The van der Waals surface area contributed by atoms with Gasteiger partial charge in [-0.15, -0.1) is 0 Å². The number of amides is 2. The van der Waals surface area contributed by atoms with Gasteiger partial charge in [0.05, 0.1) is 19.0 Å². The molecule has 0 saturated carbocycles. The molecule has 2 atom stereocenters. The SMILES string of the molecule is CCCNC(=O)C1CCC[N+](CC(=O)Nc2c(C)cccc2C)(Cc2ccccc2)C1. The normalized spacial score (nSPS) is 20.8. The first-order chi connectivity index (χ1) is 14.9. The van der Waals surface area contributed by atoms with Crippen LogP contribution in [0.5, 0.6) is 0 Å². The predicted molar refractivity (Wildman–Crippen MR) is 126 cm³/mol.